The number of nitrogens with one attached hydrogen (secondary N) is 1. The Bertz CT molecular complexity index is 1920. The van der Waals surface area contributed by atoms with Crippen molar-refractivity contribution in [2.24, 2.45) is 11.8 Å². The monoisotopic (exact) mass is 676 g/mol. The minimum Gasteiger partial charge on any atom is -0.508 e. The summed E-state index contributed by atoms with van der Waals surface area (Å²) in [7, 11) is 2.58. The number of aromatic hydroxyl groups is 4. The molecule has 1 aliphatic rings. The standard InChI is InChI=1S/C34H30N2O13/c1-48-25-11-15(3-9-23(25)39)27(16-4-10-24(40)26(12-16)49-2)28-29(30(41)35-21-7-5-17(37)13-19(21)33(44)45)32(43)36(31(28)42)22-8-6-18(38)14-20(22)34(46)47/h3-14,27-29,32,37-40,43H,1-2H3,(H,35,41)(H,44,45)(H,46,47)/t28-,29+,32+/m1/s1/i35+1,36+1. The maximum Gasteiger partial charge on any atom is 0.337 e. The number of phenolic OH excluding ortho intramolecular Hbond substituents is 4. The highest BCUT2D eigenvalue weighted by atomic mass is 16.5. The maximum atomic E-state index is 14.6. The third kappa shape index (κ3) is 6.29. The van der Waals surface area contributed by atoms with Gasteiger partial charge in [0.25, 0.3) is 0 Å². The summed E-state index contributed by atoms with van der Waals surface area (Å²) in [5, 5.41) is 74.5. The number of ether oxygens (including phenoxy) is 2. The van der Waals surface area contributed by atoms with Crippen LogP contribution in [0.25, 0.3) is 0 Å². The summed E-state index contributed by atoms with van der Waals surface area (Å²) in [5.74, 6) is -11.0. The first-order valence-electron chi connectivity index (χ1n) is 14.5. The summed E-state index contributed by atoms with van der Waals surface area (Å²) in [6, 6.07) is 14.4. The van der Waals surface area contributed by atoms with Crippen LogP contribution in [0.1, 0.15) is 37.8 Å². The molecule has 1 heterocycles. The van der Waals surface area contributed by atoms with E-state index in [1.807, 2.05) is 0 Å². The minimum atomic E-state index is -2.06. The molecule has 2 amide bonds. The Labute approximate surface area is 277 Å². The van der Waals surface area contributed by atoms with Crippen LogP contribution in [0.4, 0.5) is 11.4 Å². The molecule has 8 N–H and O–H groups in total. The summed E-state index contributed by atoms with van der Waals surface area (Å²) >= 11 is 0. The van der Waals surface area contributed by atoms with Crippen LogP contribution in [0, 0.1) is 11.8 Å². The second kappa shape index (κ2) is 13.3. The molecular weight excluding hydrogens is 646 g/mol. The zero-order valence-corrected chi connectivity index (χ0v) is 25.8. The molecule has 3 atom stereocenters. The molecule has 1 fully saturated rings. The molecular formula is C34H30N2O13. The Hall–Kier alpha value is -6.48. The molecule has 5 rings (SSSR count). The second-order valence-corrected chi connectivity index (χ2v) is 11.0. The molecule has 0 spiro atoms. The van der Waals surface area contributed by atoms with Crippen LogP contribution in [-0.4, -0.2) is 79.9 Å². The van der Waals surface area contributed by atoms with Gasteiger partial charge >= 0.3 is 11.9 Å². The van der Waals surface area contributed by atoms with Crippen molar-refractivity contribution >= 4 is 35.1 Å². The van der Waals surface area contributed by atoms with Gasteiger partial charge in [0.2, 0.25) is 11.8 Å². The second-order valence-electron chi connectivity index (χ2n) is 11.0. The Kier molecular flexibility index (Phi) is 9.21. The summed E-state index contributed by atoms with van der Waals surface area (Å²) in [6.45, 7) is 0. The van der Waals surface area contributed by atoms with Crippen molar-refractivity contribution in [2.45, 2.75) is 12.1 Å². The lowest BCUT2D eigenvalue weighted by atomic mass is 9.74. The van der Waals surface area contributed by atoms with Gasteiger partial charge < -0.3 is 50.5 Å². The molecule has 0 unspecified atom stereocenters. The first-order valence-corrected chi connectivity index (χ1v) is 14.5. The highest BCUT2D eigenvalue weighted by molar-refractivity contribution is 6.10. The van der Waals surface area contributed by atoms with Gasteiger partial charge in [0.1, 0.15) is 17.7 Å². The first-order chi connectivity index (χ1) is 23.3. The topological polar surface area (TPSA) is 244 Å². The van der Waals surface area contributed by atoms with E-state index in [0.29, 0.717) is 4.90 Å². The quantitative estimate of drug-likeness (QED) is 0.0889. The van der Waals surface area contributed by atoms with Gasteiger partial charge in [-0.3, -0.25) is 14.5 Å². The molecule has 254 valence electrons. The molecule has 15 heteroatoms. The Morgan fingerprint density at radius 3 is 1.76 bits per heavy atom. The van der Waals surface area contributed by atoms with E-state index in [0.717, 1.165) is 36.4 Å². The summed E-state index contributed by atoms with van der Waals surface area (Å²) in [5.41, 5.74) is -1.18. The van der Waals surface area contributed by atoms with Crippen molar-refractivity contribution in [1.29, 1.82) is 0 Å². The molecule has 0 aliphatic carbocycles. The van der Waals surface area contributed by atoms with Crippen molar-refractivity contribution < 1.29 is 64.4 Å². The van der Waals surface area contributed by atoms with E-state index in [1.54, 1.807) is 0 Å². The molecule has 4 aromatic carbocycles. The third-order valence-electron chi connectivity index (χ3n) is 8.24. The lowest BCUT2D eigenvalue weighted by Crippen LogP contribution is -2.40. The van der Waals surface area contributed by atoms with Crippen LogP contribution in [0.3, 0.4) is 0 Å². The molecule has 1 saturated heterocycles. The van der Waals surface area contributed by atoms with Gasteiger partial charge in [-0.1, -0.05) is 12.1 Å². The lowest BCUT2D eigenvalue weighted by Gasteiger charge is -2.28. The molecule has 0 radical (unpaired) electrons. The molecule has 49 heavy (non-hydrogen) atoms. The number of carboxylic acids is 2. The Morgan fingerprint density at radius 2 is 1.24 bits per heavy atom. The highest BCUT2D eigenvalue weighted by Gasteiger charge is 2.56. The number of aliphatic hydroxyl groups is 1. The first kappa shape index (κ1) is 33.9. The van der Waals surface area contributed by atoms with E-state index in [2.05, 4.69) is 5.32 Å². The number of carbonyl (C=O) groups is 4. The van der Waals surface area contributed by atoms with Crippen LogP contribution in [-0.2, 0) is 9.59 Å². The van der Waals surface area contributed by atoms with Gasteiger partial charge in [0.05, 0.1) is 48.6 Å². The van der Waals surface area contributed by atoms with Crippen LogP contribution in [0.5, 0.6) is 34.5 Å². The van der Waals surface area contributed by atoms with Crippen molar-refractivity contribution in [2.75, 3.05) is 24.4 Å². The van der Waals surface area contributed by atoms with Crippen molar-refractivity contribution in [1.82, 2.24) is 0 Å². The van der Waals surface area contributed by atoms with Gasteiger partial charge in [0.15, 0.2) is 23.0 Å². The number of amides is 2. The molecule has 1 aliphatic heterocycles. The predicted octanol–water partition coefficient (Wildman–Crippen LogP) is 3.29. The summed E-state index contributed by atoms with van der Waals surface area (Å²) in [4.78, 5) is 53.8. The van der Waals surface area contributed by atoms with Crippen LogP contribution in [0.2, 0.25) is 0 Å². The van der Waals surface area contributed by atoms with E-state index < -0.39 is 70.4 Å². The average molecular weight is 677 g/mol. The molecule has 4 aromatic rings. The van der Waals surface area contributed by atoms with E-state index in [9.17, 15) is 54.9 Å². The van der Waals surface area contributed by atoms with E-state index in [1.165, 1.54) is 50.6 Å². The van der Waals surface area contributed by atoms with Crippen LogP contribution >= 0.6 is 0 Å². The number of aromatic carboxylic acids is 2. The van der Waals surface area contributed by atoms with E-state index in [-0.39, 0.29) is 45.5 Å². The number of anilines is 2. The van der Waals surface area contributed by atoms with Gasteiger partial charge in [-0.25, -0.2) is 9.59 Å². The Balaban J connectivity index is 1.76. The third-order valence-corrected chi connectivity index (χ3v) is 8.24. The summed E-state index contributed by atoms with van der Waals surface area (Å²) in [6.07, 6.45) is -2.06. The van der Waals surface area contributed by atoms with Crippen LogP contribution < -0.4 is 19.7 Å². The average Bonchev–Trinajstić information content (AvgIpc) is 3.32. The number of hydrogen-bond donors (Lipinski definition) is 8. The smallest absolute Gasteiger partial charge is 0.337 e. The fourth-order valence-electron chi connectivity index (χ4n) is 6.02. The zero-order valence-electron chi connectivity index (χ0n) is 25.8. The SMILES string of the molecule is COc1cc(C(c2ccc(O)c(OC)c2)[C@H]2C(=O)[15N](c3ccc(O)cc3C(=O)O)[C@@H](O)[C@@H]2C(=O)[15NH]c2ccc(O)cc2C(=O)O)ccc1O. The number of carboxylic acid groups (broad SMARTS) is 2. The van der Waals surface area contributed by atoms with Crippen LogP contribution in [0.15, 0.2) is 72.8 Å². The van der Waals surface area contributed by atoms with Crippen molar-refractivity contribution in [3.63, 3.8) is 0 Å². The number of benzene rings is 4. The van der Waals surface area contributed by atoms with Crippen molar-refractivity contribution in [3.05, 3.63) is 95.1 Å². The molecule has 0 saturated carbocycles. The van der Waals surface area contributed by atoms with Crippen molar-refractivity contribution in [3.8, 4) is 34.5 Å². The molecule has 0 aromatic heterocycles. The number of carbonyl (C=O) groups excluding carboxylic acids is 2. The minimum absolute atomic E-state index is 0.0148. The van der Waals surface area contributed by atoms with E-state index in [4.69, 9.17) is 9.47 Å². The summed E-state index contributed by atoms with van der Waals surface area (Å²) < 4.78 is 10.6. The fraction of sp³-hybridized carbons (Fsp3) is 0.176. The number of phenols is 4. The number of hydrogen-bond acceptors (Lipinski definition) is 11. The predicted molar refractivity (Wildman–Crippen MR) is 170 cm³/mol. The lowest BCUT2D eigenvalue weighted by molar-refractivity contribution is -0.127. The van der Waals surface area contributed by atoms with Gasteiger partial charge in [-0.05, 0) is 71.8 Å². The maximum absolute atomic E-state index is 14.6. The number of methoxy groups -OCH3 is 2. The fourth-order valence-corrected chi connectivity index (χ4v) is 6.02. The number of nitrogens with zero attached hydrogens (tertiary/aromatic N) is 1. The highest BCUT2D eigenvalue weighted by Crippen LogP contribution is 2.48. The normalized spacial score (nSPS) is 17.2. The number of rotatable bonds is 10. The molecule has 15 nitrogen and oxygen atoms in total. The zero-order chi connectivity index (χ0) is 35.7. The molecule has 0 bridgehead atoms. The Morgan fingerprint density at radius 1 is 0.735 bits per heavy atom. The van der Waals surface area contributed by atoms with Gasteiger partial charge in [-0.2, -0.15) is 0 Å². The van der Waals surface area contributed by atoms with Gasteiger partial charge in [-0.15, -0.1) is 0 Å². The largest absolute Gasteiger partial charge is 0.508 e. The van der Waals surface area contributed by atoms with Gasteiger partial charge in [0, 0.05) is 5.92 Å². The van der Waals surface area contributed by atoms with E-state index >= 15 is 0 Å². The number of aliphatic hydroxyl groups excluding tert-OH is 1.